The molecule has 0 bridgehead atoms. The lowest BCUT2D eigenvalue weighted by molar-refractivity contribution is -0.127. The maximum Gasteiger partial charge on any atom is 0.260 e. The molecule has 2 atom stereocenters. The van der Waals surface area contributed by atoms with Gasteiger partial charge in [0.05, 0.1) is 12.7 Å². The van der Waals surface area contributed by atoms with E-state index in [2.05, 4.69) is 5.32 Å². The Hall–Kier alpha value is -1.59. The number of carbonyl (C=O) groups excluding carboxylic acids is 1. The molecule has 5 heteroatoms. The summed E-state index contributed by atoms with van der Waals surface area (Å²) in [6.45, 7) is 6.47. The standard InChI is InChI=1S/C18H27NO4/c1-14-6-3-7-16(12-14)23-15(2)18(20)19-9-5-10-21-13-17-8-4-11-22-17/h3,6-7,12,15,17H,4-5,8-11,13H2,1-2H3,(H,19,20). The maximum atomic E-state index is 12.0. The first-order valence-electron chi connectivity index (χ1n) is 8.35. The van der Waals surface area contributed by atoms with Gasteiger partial charge in [-0.2, -0.15) is 0 Å². The van der Waals surface area contributed by atoms with Crippen molar-refractivity contribution in [2.24, 2.45) is 0 Å². The smallest absolute Gasteiger partial charge is 0.260 e. The SMILES string of the molecule is Cc1cccc(OC(C)C(=O)NCCCOCC2CCCO2)c1. The molecule has 1 amide bonds. The van der Waals surface area contributed by atoms with Crippen LogP contribution >= 0.6 is 0 Å². The first-order valence-corrected chi connectivity index (χ1v) is 8.35. The zero-order valence-corrected chi connectivity index (χ0v) is 14.0. The zero-order chi connectivity index (χ0) is 16.5. The number of rotatable bonds is 9. The molecule has 0 radical (unpaired) electrons. The number of benzene rings is 1. The fraction of sp³-hybridized carbons (Fsp3) is 0.611. The van der Waals surface area contributed by atoms with Crippen LogP contribution in [0.15, 0.2) is 24.3 Å². The first kappa shape index (κ1) is 17.8. The molecule has 0 saturated carbocycles. The van der Waals surface area contributed by atoms with Crippen LogP contribution in [0.25, 0.3) is 0 Å². The maximum absolute atomic E-state index is 12.0. The molecule has 1 heterocycles. The second kappa shape index (κ2) is 9.53. The van der Waals surface area contributed by atoms with Crippen LogP contribution in [0.1, 0.15) is 31.7 Å². The molecule has 1 fully saturated rings. The van der Waals surface area contributed by atoms with Crippen LogP contribution < -0.4 is 10.1 Å². The second-order valence-electron chi connectivity index (χ2n) is 5.93. The van der Waals surface area contributed by atoms with Gasteiger partial charge in [0.1, 0.15) is 5.75 Å². The molecule has 2 unspecified atom stereocenters. The summed E-state index contributed by atoms with van der Waals surface area (Å²) in [5.41, 5.74) is 1.11. The Morgan fingerprint density at radius 1 is 1.48 bits per heavy atom. The number of ether oxygens (including phenoxy) is 3. The summed E-state index contributed by atoms with van der Waals surface area (Å²) in [4.78, 5) is 12.0. The van der Waals surface area contributed by atoms with Crippen LogP contribution in [0.4, 0.5) is 0 Å². The molecule has 5 nitrogen and oxygen atoms in total. The Morgan fingerprint density at radius 3 is 3.09 bits per heavy atom. The minimum absolute atomic E-state index is 0.106. The number of hydrogen-bond donors (Lipinski definition) is 1. The van der Waals surface area contributed by atoms with Gasteiger partial charge in [0.2, 0.25) is 0 Å². The average molecular weight is 321 g/mol. The molecule has 2 rings (SSSR count). The van der Waals surface area contributed by atoms with Gasteiger partial charge in [-0.3, -0.25) is 4.79 Å². The molecule has 0 aromatic heterocycles. The van der Waals surface area contributed by atoms with Crippen LogP contribution in [0.3, 0.4) is 0 Å². The van der Waals surface area contributed by atoms with Crippen LogP contribution in [0.2, 0.25) is 0 Å². The average Bonchev–Trinajstić information content (AvgIpc) is 3.03. The van der Waals surface area contributed by atoms with Crippen molar-refractivity contribution in [1.82, 2.24) is 5.32 Å². The Kier molecular flexibility index (Phi) is 7.36. The lowest BCUT2D eigenvalue weighted by Crippen LogP contribution is -2.37. The minimum atomic E-state index is -0.510. The number of nitrogens with one attached hydrogen (secondary N) is 1. The van der Waals surface area contributed by atoms with Crippen molar-refractivity contribution < 1.29 is 19.0 Å². The van der Waals surface area contributed by atoms with Crippen LogP contribution in [-0.4, -0.2) is 44.5 Å². The fourth-order valence-corrected chi connectivity index (χ4v) is 2.47. The summed E-state index contributed by atoms with van der Waals surface area (Å²) in [5.74, 6) is 0.609. The number of hydrogen-bond acceptors (Lipinski definition) is 4. The van der Waals surface area contributed by atoms with Gasteiger partial charge in [-0.05, 0) is 50.8 Å². The lowest BCUT2D eigenvalue weighted by atomic mass is 10.2. The Balaban J connectivity index is 1.55. The van der Waals surface area contributed by atoms with Crippen molar-refractivity contribution >= 4 is 5.91 Å². The molecule has 1 N–H and O–H groups in total. The third kappa shape index (κ3) is 6.59. The van der Waals surface area contributed by atoms with Crippen molar-refractivity contribution in [1.29, 1.82) is 0 Å². The van der Waals surface area contributed by atoms with Gasteiger partial charge in [0.25, 0.3) is 5.91 Å². The van der Waals surface area contributed by atoms with E-state index in [0.717, 1.165) is 31.4 Å². The predicted octanol–water partition coefficient (Wildman–Crippen LogP) is 2.46. The third-order valence-corrected chi connectivity index (χ3v) is 3.76. The van der Waals surface area contributed by atoms with E-state index >= 15 is 0 Å². The molecule has 1 aromatic carbocycles. The number of amides is 1. The van der Waals surface area contributed by atoms with Crippen LogP contribution in [0, 0.1) is 6.92 Å². The summed E-state index contributed by atoms with van der Waals surface area (Å²) >= 11 is 0. The molecule has 1 saturated heterocycles. The second-order valence-corrected chi connectivity index (χ2v) is 5.93. The molecule has 0 aliphatic carbocycles. The molecular weight excluding hydrogens is 294 g/mol. The van der Waals surface area contributed by atoms with Crippen molar-refractivity contribution in [3.63, 3.8) is 0 Å². The van der Waals surface area contributed by atoms with Crippen LogP contribution in [-0.2, 0) is 14.3 Å². The Morgan fingerprint density at radius 2 is 2.35 bits per heavy atom. The van der Waals surface area contributed by atoms with Gasteiger partial charge in [-0.25, -0.2) is 0 Å². The highest BCUT2D eigenvalue weighted by atomic mass is 16.5. The first-order chi connectivity index (χ1) is 11.1. The summed E-state index contributed by atoms with van der Waals surface area (Å²) < 4.78 is 16.7. The van der Waals surface area contributed by atoms with E-state index in [1.54, 1.807) is 6.92 Å². The van der Waals surface area contributed by atoms with E-state index in [-0.39, 0.29) is 12.0 Å². The Bertz CT molecular complexity index is 486. The monoisotopic (exact) mass is 321 g/mol. The van der Waals surface area contributed by atoms with Gasteiger partial charge < -0.3 is 19.5 Å². The van der Waals surface area contributed by atoms with Gasteiger partial charge in [0.15, 0.2) is 6.10 Å². The highest BCUT2D eigenvalue weighted by Crippen LogP contribution is 2.14. The van der Waals surface area contributed by atoms with Gasteiger partial charge in [-0.15, -0.1) is 0 Å². The van der Waals surface area contributed by atoms with E-state index in [1.807, 2.05) is 31.2 Å². The topological polar surface area (TPSA) is 56.8 Å². The summed E-state index contributed by atoms with van der Waals surface area (Å²) in [5, 5.41) is 2.87. The normalized spacial score (nSPS) is 18.6. The van der Waals surface area contributed by atoms with Gasteiger partial charge in [-0.1, -0.05) is 12.1 Å². The Labute approximate surface area is 138 Å². The van der Waals surface area contributed by atoms with Crippen molar-refractivity contribution in [3.05, 3.63) is 29.8 Å². The van der Waals surface area contributed by atoms with E-state index in [9.17, 15) is 4.79 Å². The lowest BCUT2D eigenvalue weighted by Gasteiger charge is -2.15. The number of carbonyl (C=O) groups is 1. The van der Waals surface area contributed by atoms with Crippen molar-refractivity contribution in [3.8, 4) is 5.75 Å². The number of aryl methyl sites for hydroxylation is 1. The molecular formula is C18H27NO4. The highest BCUT2D eigenvalue weighted by Gasteiger charge is 2.16. The summed E-state index contributed by atoms with van der Waals surface area (Å²) in [6.07, 6.45) is 2.75. The van der Waals surface area contributed by atoms with Crippen LogP contribution in [0.5, 0.6) is 5.75 Å². The summed E-state index contributed by atoms with van der Waals surface area (Å²) in [7, 11) is 0. The third-order valence-electron chi connectivity index (χ3n) is 3.76. The van der Waals surface area contributed by atoms with Gasteiger partial charge >= 0.3 is 0 Å². The van der Waals surface area contributed by atoms with E-state index < -0.39 is 6.10 Å². The molecule has 1 aliphatic heterocycles. The van der Waals surface area contributed by atoms with E-state index in [4.69, 9.17) is 14.2 Å². The minimum Gasteiger partial charge on any atom is -0.481 e. The van der Waals surface area contributed by atoms with E-state index in [1.165, 1.54) is 0 Å². The molecule has 128 valence electrons. The van der Waals surface area contributed by atoms with Crippen molar-refractivity contribution in [2.75, 3.05) is 26.4 Å². The molecule has 1 aromatic rings. The van der Waals surface area contributed by atoms with Crippen molar-refractivity contribution in [2.45, 2.75) is 45.3 Å². The van der Waals surface area contributed by atoms with Gasteiger partial charge in [0, 0.05) is 19.8 Å². The molecule has 1 aliphatic rings. The molecule has 0 spiro atoms. The predicted molar refractivity (Wildman–Crippen MR) is 88.7 cm³/mol. The molecule has 23 heavy (non-hydrogen) atoms. The van der Waals surface area contributed by atoms with E-state index in [0.29, 0.717) is 25.5 Å². The largest absolute Gasteiger partial charge is 0.481 e. The fourth-order valence-electron chi connectivity index (χ4n) is 2.47. The zero-order valence-electron chi connectivity index (χ0n) is 14.0. The highest BCUT2D eigenvalue weighted by molar-refractivity contribution is 5.80. The summed E-state index contributed by atoms with van der Waals surface area (Å²) in [6, 6.07) is 7.69. The quantitative estimate of drug-likeness (QED) is 0.710.